The second-order valence-corrected chi connectivity index (χ2v) is 6.67. The number of unbranched alkanes of at least 4 members (excludes halogenated alkanes) is 1. The van der Waals surface area contributed by atoms with Crippen LogP contribution in [0.15, 0.2) is 4.99 Å². The van der Waals surface area contributed by atoms with Crippen molar-refractivity contribution in [2.75, 3.05) is 46.4 Å². The summed E-state index contributed by atoms with van der Waals surface area (Å²) in [5, 5.41) is 7.00. The van der Waals surface area contributed by atoms with Crippen LogP contribution >= 0.6 is 24.0 Å². The number of aliphatic imine (C=N–C) groups is 1. The van der Waals surface area contributed by atoms with Crippen LogP contribution in [-0.4, -0.2) is 63.3 Å². The summed E-state index contributed by atoms with van der Waals surface area (Å²) in [6.45, 7) is 12.8. The van der Waals surface area contributed by atoms with Crippen molar-refractivity contribution in [2.45, 2.75) is 65.3 Å². The van der Waals surface area contributed by atoms with Gasteiger partial charge in [0.1, 0.15) is 0 Å². The molecule has 0 aromatic rings. The van der Waals surface area contributed by atoms with Crippen LogP contribution < -0.4 is 10.6 Å². The number of nitrogens with one attached hydrogen (secondary N) is 2. The highest BCUT2D eigenvalue weighted by atomic mass is 127. The molecule has 0 aliphatic carbocycles. The Morgan fingerprint density at radius 3 is 2.32 bits per heavy atom. The van der Waals surface area contributed by atoms with E-state index < -0.39 is 0 Å². The van der Waals surface area contributed by atoms with Crippen LogP contribution in [0.2, 0.25) is 0 Å². The molecule has 0 radical (unpaired) electrons. The molecule has 150 valence electrons. The van der Waals surface area contributed by atoms with E-state index in [0.29, 0.717) is 6.04 Å². The lowest BCUT2D eigenvalue weighted by molar-refractivity contribution is 0.143. The molecule has 1 rings (SSSR count). The minimum atomic E-state index is 0. The largest absolute Gasteiger partial charge is 0.382 e. The van der Waals surface area contributed by atoms with E-state index in [1.165, 1.54) is 38.8 Å². The summed E-state index contributed by atoms with van der Waals surface area (Å²) in [6.07, 6.45) is 7.42. The van der Waals surface area contributed by atoms with Gasteiger partial charge in [-0.2, -0.15) is 0 Å². The third-order valence-electron chi connectivity index (χ3n) is 5.12. The van der Waals surface area contributed by atoms with Crippen molar-refractivity contribution in [1.29, 1.82) is 0 Å². The molecule has 0 saturated carbocycles. The molecule has 1 unspecified atom stereocenters. The van der Waals surface area contributed by atoms with E-state index in [-0.39, 0.29) is 24.0 Å². The lowest BCUT2D eigenvalue weighted by Gasteiger charge is -2.34. The average Bonchev–Trinajstić information content (AvgIpc) is 3.13. The summed E-state index contributed by atoms with van der Waals surface area (Å²) in [4.78, 5) is 7.06. The summed E-state index contributed by atoms with van der Waals surface area (Å²) in [5.41, 5.74) is 0. The highest BCUT2D eigenvalue weighted by molar-refractivity contribution is 14.0. The van der Waals surface area contributed by atoms with Gasteiger partial charge in [-0.1, -0.05) is 26.7 Å². The Morgan fingerprint density at radius 2 is 1.76 bits per heavy atom. The zero-order valence-electron chi connectivity index (χ0n) is 16.9. The van der Waals surface area contributed by atoms with Gasteiger partial charge in [-0.15, -0.1) is 24.0 Å². The van der Waals surface area contributed by atoms with E-state index in [1.54, 1.807) is 0 Å². The molecule has 1 saturated heterocycles. The number of hydrogen-bond acceptors (Lipinski definition) is 3. The van der Waals surface area contributed by atoms with E-state index in [2.05, 4.69) is 34.4 Å². The molecule has 1 aliphatic heterocycles. The average molecular weight is 468 g/mol. The highest BCUT2D eigenvalue weighted by Crippen LogP contribution is 2.22. The van der Waals surface area contributed by atoms with E-state index in [0.717, 1.165) is 51.0 Å². The molecule has 6 heteroatoms. The molecule has 25 heavy (non-hydrogen) atoms. The quantitative estimate of drug-likeness (QED) is 0.199. The second kappa shape index (κ2) is 16.1. The fraction of sp³-hybridized carbons (Fsp3) is 0.947. The molecule has 0 aromatic heterocycles. The lowest BCUT2D eigenvalue weighted by Crippen LogP contribution is -2.49. The van der Waals surface area contributed by atoms with E-state index in [4.69, 9.17) is 4.74 Å². The standard InChI is InChI=1S/C19H40N4O.HI/c1-5-17(6-2)18(23-13-9-10-14-23)16-22-19(20-4)21-12-8-11-15-24-7-3;/h17-18H,5-16H2,1-4H3,(H2,20,21,22);1H. The Kier molecular flexibility index (Phi) is 16.1. The molecule has 1 heterocycles. The summed E-state index contributed by atoms with van der Waals surface area (Å²) in [6, 6.07) is 0.624. The topological polar surface area (TPSA) is 48.9 Å². The van der Waals surface area contributed by atoms with E-state index in [1.807, 2.05) is 14.0 Å². The van der Waals surface area contributed by atoms with Crippen LogP contribution in [0, 0.1) is 5.92 Å². The molecule has 0 spiro atoms. The number of nitrogens with zero attached hydrogens (tertiary/aromatic N) is 2. The molecule has 1 atom stereocenters. The molecule has 0 bridgehead atoms. The first-order valence-electron chi connectivity index (χ1n) is 10.0. The van der Waals surface area contributed by atoms with Gasteiger partial charge in [0.15, 0.2) is 5.96 Å². The smallest absolute Gasteiger partial charge is 0.191 e. The molecule has 2 N–H and O–H groups in total. The van der Waals surface area contributed by atoms with Crippen LogP contribution in [-0.2, 0) is 4.74 Å². The maximum absolute atomic E-state index is 5.37. The lowest BCUT2D eigenvalue weighted by atomic mass is 9.93. The predicted molar refractivity (Wildman–Crippen MR) is 119 cm³/mol. The number of ether oxygens (including phenoxy) is 1. The van der Waals surface area contributed by atoms with Gasteiger partial charge in [0.2, 0.25) is 0 Å². The van der Waals surface area contributed by atoms with Gasteiger partial charge in [-0.05, 0) is 51.6 Å². The van der Waals surface area contributed by atoms with Gasteiger partial charge in [-0.25, -0.2) is 0 Å². The van der Waals surface area contributed by atoms with Gasteiger partial charge in [0, 0.05) is 39.4 Å². The molecular formula is C19H41IN4O. The Balaban J connectivity index is 0.00000576. The zero-order valence-corrected chi connectivity index (χ0v) is 19.2. The normalized spacial score (nSPS) is 16.8. The van der Waals surface area contributed by atoms with Crippen molar-refractivity contribution in [3.63, 3.8) is 0 Å². The first kappa shape index (κ1) is 24.9. The Hall–Kier alpha value is -0.0800. The number of rotatable bonds is 12. The fourth-order valence-corrected chi connectivity index (χ4v) is 3.60. The third-order valence-corrected chi connectivity index (χ3v) is 5.12. The number of hydrogen-bond donors (Lipinski definition) is 2. The summed E-state index contributed by atoms with van der Waals surface area (Å²) >= 11 is 0. The first-order valence-corrected chi connectivity index (χ1v) is 10.0. The Bertz CT molecular complexity index is 329. The second-order valence-electron chi connectivity index (χ2n) is 6.67. The molecular weight excluding hydrogens is 427 g/mol. The Labute approximate surface area is 172 Å². The predicted octanol–water partition coefficient (Wildman–Crippen LogP) is 3.49. The van der Waals surface area contributed by atoms with Crippen molar-refractivity contribution >= 4 is 29.9 Å². The van der Waals surface area contributed by atoms with Crippen LogP contribution in [0.3, 0.4) is 0 Å². The summed E-state index contributed by atoms with van der Waals surface area (Å²) in [7, 11) is 1.86. The van der Waals surface area contributed by atoms with E-state index >= 15 is 0 Å². The maximum Gasteiger partial charge on any atom is 0.191 e. The van der Waals surface area contributed by atoms with Crippen LogP contribution in [0.25, 0.3) is 0 Å². The number of guanidine groups is 1. The third kappa shape index (κ3) is 9.99. The highest BCUT2D eigenvalue weighted by Gasteiger charge is 2.27. The first-order chi connectivity index (χ1) is 11.8. The van der Waals surface area contributed by atoms with Gasteiger partial charge in [0.05, 0.1) is 0 Å². The van der Waals surface area contributed by atoms with E-state index in [9.17, 15) is 0 Å². The molecule has 5 nitrogen and oxygen atoms in total. The maximum atomic E-state index is 5.37. The molecule has 1 aliphatic rings. The number of halogens is 1. The van der Waals surface area contributed by atoms with Crippen molar-refractivity contribution in [3.8, 4) is 0 Å². The van der Waals surface area contributed by atoms with Gasteiger partial charge in [-0.3, -0.25) is 9.89 Å². The minimum Gasteiger partial charge on any atom is -0.382 e. The SMILES string of the molecule is CCOCCCCNC(=NC)NCC(C(CC)CC)N1CCCC1.I. The van der Waals surface area contributed by atoms with Gasteiger partial charge < -0.3 is 15.4 Å². The molecule has 1 fully saturated rings. The zero-order chi connectivity index (χ0) is 17.6. The van der Waals surface area contributed by atoms with Crippen LogP contribution in [0.5, 0.6) is 0 Å². The molecule has 0 amide bonds. The van der Waals surface area contributed by atoms with Gasteiger partial charge >= 0.3 is 0 Å². The van der Waals surface area contributed by atoms with Crippen molar-refractivity contribution in [2.24, 2.45) is 10.9 Å². The Morgan fingerprint density at radius 1 is 1.08 bits per heavy atom. The van der Waals surface area contributed by atoms with Crippen LogP contribution in [0.1, 0.15) is 59.3 Å². The van der Waals surface area contributed by atoms with Crippen molar-refractivity contribution in [3.05, 3.63) is 0 Å². The summed E-state index contributed by atoms with van der Waals surface area (Å²) < 4.78 is 5.37. The van der Waals surface area contributed by atoms with Gasteiger partial charge in [0.25, 0.3) is 0 Å². The summed E-state index contributed by atoms with van der Waals surface area (Å²) in [5.74, 6) is 1.70. The van der Waals surface area contributed by atoms with Crippen molar-refractivity contribution in [1.82, 2.24) is 15.5 Å². The minimum absolute atomic E-state index is 0. The molecule has 0 aromatic carbocycles. The van der Waals surface area contributed by atoms with Crippen LogP contribution in [0.4, 0.5) is 0 Å². The monoisotopic (exact) mass is 468 g/mol. The van der Waals surface area contributed by atoms with Crippen molar-refractivity contribution < 1.29 is 4.74 Å². The fourth-order valence-electron chi connectivity index (χ4n) is 3.60. The number of likely N-dealkylation sites (tertiary alicyclic amines) is 1.